The minimum atomic E-state index is -0.473. The summed E-state index contributed by atoms with van der Waals surface area (Å²) in [5.41, 5.74) is 0.875. The molecule has 146 valence electrons. The van der Waals surface area contributed by atoms with Gasteiger partial charge in [-0.15, -0.1) is 0 Å². The van der Waals surface area contributed by atoms with E-state index in [1.165, 1.54) is 0 Å². The van der Waals surface area contributed by atoms with Crippen LogP contribution in [0.2, 0.25) is 5.02 Å². The van der Waals surface area contributed by atoms with Crippen LogP contribution >= 0.6 is 11.6 Å². The molecule has 0 bridgehead atoms. The van der Waals surface area contributed by atoms with Crippen molar-refractivity contribution in [3.63, 3.8) is 0 Å². The maximum Gasteiger partial charge on any atom is 0.143 e. The second-order valence-electron chi connectivity index (χ2n) is 7.91. The molecule has 4 atom stereocenters. The molecule has 2 fully saturated rings. The smallest absolute Gasteiger partial charge is 0.143 e. The average Bonchev–Trinajstić information content (AvgIpc) is 3.27. The molecular formula is C21H23ClN4O2. The molecule has 0 amide bonds. The fourth-order valence-electron chi connectivity index (χ4n) is 4.68. The minimum Gasteiger partial charge on any atom is -0.488 e. The number of hydrogen-bond donors (Lipinski definition) is 2. The van der Waals surface area contributed by atoms with E-state index in [2.05, 4.69) is 14.9 Å². The largest absolute Gasteiger partial charge is 0.488 e. The molecule has 2 N–H and O–H groups in total. The molecule has 2 aliphatic rings. The summed E-state index contributed by atoms with van der Waals surface area (Å²) in [7, 11) is 0. The highest BCUT2D eigenvalue weighted by Gasteiger charge is 2.43. The highest BCUT2D eigenvalue weighted by molar-refractivity contribution is 6.30. The van der Waals surface area contributed by atoms with Crippen LogP contribution in [0.15, 0.2) is 36.5 Å². The van der Waals surface area contributed by atoms with Gasteiger partial charge in [0.1, 0.15) is 29.1 Å². The lowest BCUT2D eigenvalue weighted by Crippen LogP contribution is -2.42. The summed E-state index contributed by atoms with van der Waals surface area (Å²) in [6.45, 7) is 3.75. The highest BCUT2D eigenvalue weighted by atomic mass is 35.5. The van der Waals surface area contributed by atoms with Crippen LogP contribution in [0.5, 0.6) is 5.75 Å². The fraction of sp³-hybridized carbons (Fsp3) is 0.429. The zero-order valence-electron chi connectivity index (χ0n) is 15.7. The SMILES string of the molecule is Cc1nc(N2C[C@H]3C[C@@H](Oc4cccc(Cl)c4)[C@H](O)C[C@H]3C2)c2cc[nH]c2n1. The maximum atomic E-state index is 10.7. The van der Waals surface area contributed by atoms with Gasteiger partial charge in [-0.3, -0.25) is 0 Å². The van der Waals surface area contributed by atoms with Gasteiger partial charge < -0.3 is 19.7 Å². The van der Waals surface area contributed by atoms with Crippen molar-refractivity contribution in [2.24, 2.45) is 11.8 Å². The Morgan fingerprint density at radius 3 is 2.82 bits per heavy atom. The third-order valence-corrected chi connectivity index (χ3v) is 6.21. The van der Waals surface area contributed by atoms with Gasteiger partial charge in [-0.25, -0.2) is 9.97 Å². The Morgan fingerprint density at radius 1 is 1.18 bits per heavy atom. The molecule has 5 rings (SSSR count). The molecule has 7 heteroatoms. The summed E-state index contributed by atoms with van der Waals surface area (Å²) in [4.78, 5) is 14.7. The molecule has 28 heavy (non-hydrogen) atoms. The Bertz CT molecular complexity index is 1010. The lowest BCUT2D eigenvalue weighted by atomic mass is 9.78. The van der Waals surface area contributed by atoms with Crippen molar-refractivity contribution < 1.29 is 9.84 Å². The first-order valence-electron chi connectivity index (χ1n) is 9.74. The molecule has 3 aromatic rings. The number of anilines is 1. The molecule has 1 aliphatic carbocycles. The summed E-state index contributed by atoms with van der Waals surface area (Å²) in [6.07, 6.45) is 2.80. The van der Waals surface area contributed by atoms with E-state index in [1.807, 2.05) is 37.4 Å². The predicted octanol–water partition coefficient (Wildman–Crippen LogP) is 3.57. The van der Waals surface area contributed by atoms with Gasteiger partial charge in [0.15, 0.2) is 0 Å². The topological polar surface area (TPSA) is 74.3 Å². The molecule has 1 aliphatic heterocycles. The zero-order chi connectivity index (χ0) is 19.3. The van der Waals surface area contributed by atoms with Crippen molar-refractivity contribution >= 4 is 28.5 Å². The number of nitrogens with zero attached hydrogens (tertiary/aromatic N) is 3. The van der Waals surface area contributed by atoms with Gasteiger partial charge in [0, 0.05) is 24.3 Å². The standard InChI is InChI=1S/C21H23ClN4O2/c1-12-24-20-17(5-6-23-20)21(25-12)26-10-13-7-18(27)19(8-14(13)11-26)28-16-4-2-3-15(22)9-16/h2-6,9,13-14,18-19,27H,7-8,10-11H2,1H3,(H,23,24,25)/t13-,14+,18+,19+/m0/s1. The number of benzene rings is 1. The first-order chi connectivity index (χ1) is 13.6. The van der Waals surface area contributed by atoms with Crippen molar-refractivity contribution in [1.82, 2.24) is 15.0 Å². The van der Waals surface area contributed by atoms with E-state index in [0.717, 1.165) is 48.6 Å². The van der Waals surface area contributed by atoms with E-state index in [9.17, 15) is 5.11 Å². The Kier molecular flexibility index (Phi) is 4.40. The lowest BCUT2D eigenvalue weighted by Gasteiger charge is -2.35. The van der Waals surface area contributed by atoms with Crippen LogP contribution in [-0.4, -0.2) is 45.4 Å². The minimum absolute atomic E-state index is 0.209. The Labute approximate surface area is 168 Å². The second kappa shape index (κ2) is 6.94. The molecule has 0 unspecified atom stereocenters. The summed E-state index contributed by atoms with van der Waals surface area (Å²) in [5.74, 6) is 3.38. The number of aliphatic hydroxyl groups excluding tert-OH is 1. The number of H-pyrrole nitrogens is 1. The Balaban J connectivity index is 1.35. The Morgan fingerprint density at radius 2 is 2.00 bits per heavy atom. The fourth-order valence-corrected chi connectivity index (χ4v) is 4.86. The van der Waals surface area contributed by atoms with Gasteiger partial charge in [0.25, 0.3) is 0 Å². The number of rotatable bonds is 3. The second-order valence-corrected chi connectivity index (χ2v) is 8.35. The van der Waals surface area contributed by atoms with Crippen molar-refractivity contribution in [2.75, 3.05) is 18.0 Å². The van der Waals surface area contributed by atoms with Crippen LogP contribution in [0, 0.1) is 18.8 Å². The van der Waals surface area contributed by atoms with Crippen molar-refractivity contribution in [2.45, 2.75) is 32.0 Å². The first-order valence-corrected chi connectivity index (χ1v) is 10.1. The molecule has 2 aromatic heterocycles. The monoisotopic (exact) mass is 398 g/mol. The van der Waals surface area contributed by atoms with Crippen LogP contribution in [0.25, 0.3) is 11.0 Å². The van der Waals surface area contributed by atoms with Gasteiger partial charge in [-0.2, -0.15) is 0 Å². The van der Waals surface area contributed by atoms with Crippen molar-refractivity contribution in [3.8, 4) is 5.75 Å². The van der Waals surface area contributed by atoms with Crippen molar-refractivity contribution in [1.29, 1.82) is 0 Å². The molecule has 3 heterocycles. The van der Waals surface area contributed by atoms with E-state index in [1.54, 1.807) is 6.07 Å². The number of hydrogen-bond acceptors (Lipinski definition) is 5. The van der Waals surface area contributed by atoms with E-state index < -0.39 is 6.10 Å². The summed E-state index contributed by atoms with van der Waals surface area (Å²) < 4.78 is 6.09. The van der Waals surface area contributed by atoms with Gasteiger partial charge >= 0.3 is 0 Å². The van der Waals surface area contributed by atoms with Crippen LogP contribution in [0.3, 0.4) is 0 Å². The number of ether oxygens (including phenoxy) is 1. The average molecular weight is 399 g/mol. The van der Waals surface area contributed by atoms with Gasteiger partial charge in [0.05, 0.1) is 11.5 Å². The normalized spacial score (nSPS) is 27.2. The van der Waals surface area contributed by atoms with Crippen LogP contribution in [0.1, 0.15) is 18.7 Å². The van der Waals surface area contributed by atoms with Crippen LogP contribution in [-0.2, 0) is 0 Å². The lowest BCUT2D eigenvalue weighted by molar-refractivity contribution is -0.0231. The highest BCUT2D eigenvalue weighted by Crippen LogP contribution is 2.40. The molecule has 6 nitrogen and oxygen atoms in total. The summed E-state index contributed by atoms with van der Waals surface area (Å²) >= 11 is 6.06. The van der Waals surface area contributed by atoms with Gasteiger partial charge in [-0.1, -0.05) is 17.7 Å². The summed E-state index contributed by atoms with van der Waals surface area (Å²) in [5, 5.41) is 12.4. The van der Waals surface area contributed by atoms with E-state index in [0.29, 0.717) is 22.6 Å². The number of nitrogens with one attached hydrogen (secondary N) is 1. The molecule has 1 aromatic carbocycles. The molecule has 1 saturated carbocycles. The van der Waals surface area contributed by atoms with E-state index >= 15 is 0 Å². The Hall–Kier alpha value is -2.31. The third kappa shape index (κ3) is 3.20. The third-order valence-electron chi connectivity index (χ3n) is 5.98. The molecule has 0 radical (unpaired) electrons. The number of aromatic amines is 1. The number of fused-ring (bicyclic) bond motifs is 2. The molecule has 0 spiro atoms. The summed E-state index contributed by atoms with van der Waals surface area (Å²) in [6, 6.07) is 9.41. The number of aryl methyl sites for hydroxylation is 1. The first kappa shape index (κ1) is 17.8. The van der Waals surface area contributed by atoms with Crippen molar-refractivity contribution in [3.05, 3.63) is 47.4 Å². The predicted molar refractivity (Wildman–Crippen MR) is 109 cm³/mol. The maximum absolute atomic E-state index is 10.7. The van der Waals surface area contributed by atoms with Gasteiger partial charge in [-0.05, 0) is 55.9 Å². The molecular weight excluding hydrogens is 376 g/mol. The number of halogens is 1. The van der Waals surface area contributed by atoms with Crippen LogP contribution in [0.4, 0.5) is 5.82 Å². The quantitative estimate of drug-likeness (QED) is 0.705. The van der Waals surface area contributed by atoms with E-state index in [4.69, 9.17) is 21.3 Å². The molecule has 1 saturated heterocycles. The van der Waals surface area contributed by atoms with E-state index in [-0.39, 0.29) is 6.10 Å². The number of aliphatic hydroxyl groups is 1. The van der Waals surface area contributed by atoms with Gasteiger partial charge in [0.2, 0.25) is 0 Å². The number of aromatic nitrogens is 3. The van der Waals surface area contributed by atoms with Crippen LogP contribution < -0.4 is 9.64 Å². The zero-order valence-corrected chi connectivity index (χ0v) is 16.4.